The third-order valence-corrected chi connectivity index (χ3v) is 5.01. The minimum absolute atomic E-state index is 0. The molecular formula is C25H14F7IrN5-2. The number of nitrogens with zero attached hydrogens (tertiary/aromatic N) is 5. The van der Waals surface area contributed by atoms with Crippen LogP contribution >= 0.6 is 0 Å². The van der Waals surface area contributed by atoms with E-state index in [9.17, 15) is 30.7 Å². The van der Waals surface area contributed by atoms with Gasteiger partial charge in [0.05, 0.1) is 5.69 Å². The van der Waals surface area contributed by atoms with Gasteiger partial charge < -0.3 is 15.1 Å². The summed E-state index contributed by atoms with van der Waals surface area (Å²) in [6, 6.07) is 25.6. The van der Waals surface area contributed by atoms with Crippen molar-refractivity contribution in [1.29, 1.82) is 0 Å². The topological polar surface area (TPSA) is 65.7 Å². The number of hydrogen-bond donors (Lipinski definition) is 0. The standard InChI is InChI=1S/C15H10N.C10H4F7N4.Ir/c1-2-7-13(8-3-1)15-14-9-5-4-6-12(14)10-11-16-15;11-8(12,9(13,14)10(15,16)17)7-19-6(20-21-7)5-3-1-2-4-18-5;/h1-7,9-11H;1-4H;/q2*-1;. The Hall–Kier alpha value is -3.70. The van der Waals surface area contributed by atoms with Gasteiger partial charge in [0.15, 0.2) is 0 Å². The number of rotatable bonds is 4. The number of pyridine rings is 2. The third kappa shape index (κ3) is 5.73. The predicted octanol–water partition coefficient (Wildman–Crippen LogP) is 6.48. The molecule has 1 radical (unpaired) electrons. The van der Waals surface area contributed by atoms with Gasteiger partial charge >= 0.3 is 18.0 Å². The van der Waals surface area contributed by atoms with Crippen molar-refractivity contribution in [2.45, 2.75) is 18.0 Å². The van der Waals surface area contributed by atoms with Crippen LogP contribution in [0, 0.1) is 6.07 Å². The summed E-state index contributed by atoms with van der Waals surface area (Å²) in [6.07, 6.45) is -3.38. The molecule has 0 atom stereocenters. The average molecular weight is 710 g/mol. The van der Waals surface area contributed by atoms with Crippen LogP contribution in [-0.4, -0.2) is 32.1 Å². The second-order valence-corrected chi connectivity index (χ2v) is 7.48. The maximum Gasteiger partial charge on any atom is 0.460 e. The van der Waals surface area contributed by atoms with Crippen molar-refractivity contribution in [3.63, 3.8) is 0 Å². The predicted molar refractivity (Wildman–Crippen MR) is 119 cm³/mol. The molecule has 199 valence electrons. The molecule has 0 N–H and O–H groups in total. The molecule has 0 unspecified atom stereocenters. The zero-order valence-electron chi connectivity index (χ0n) is 18.8. The summed E-state index contributed by atoms with van der Waals surface area (Å²) in [4.78, 5) is 11.0. The van der Waals surface area contributed by atoms with Crippen LogP contribution in [-0.2, 0) is 26.0 Å². The molecule has 0 aliphatic rings. The monoisotopic (exact) mass is 710 g/mol. The van der Waals surface area contributed by atoms with Gasteiger partial charge in [0.25, 0.3) is 0 Å². The first-order chi connectivity index (χ1) is 17.5. The summed E-state index contributed by atoms with van der Waals surface area (Å²) in [7, 11) is 0. The second-order valence-electron chi connectivity index (χ2n) is 7.48. The van der Waals surface area contributed by atoms with Gasteiger partial charge in [-0.05, 0) is 40.5 Å². The molecule has 0 spiro atoms. The van der Waals surface area contributed by atoms with Gasteiger partial charge in [-0.2, -0.15) is 30.7 Å². The molecule has 5 nitrogen and oxygen atoms in total. The Balaban J connectivity index is 0.000000211. The minimum atomic E-state index is -6.46. The largest absolute Gasteiger partial charge is 0.460 e. The molecular weight excluding hydrogens is 696 g/mol. The van der Waals surface area contributed by atoms with Crippen LogP contribution < -0.4 is 5.10 Å². The molecule has 0 saturated heterocycles. The van der Waals surface area contributed by atoms with E-state index in [1.807, 2.05) is 48.7 Å². The van der Waals surface area contributed by atoms with E-state index in [0.717, 1.165) is 11.3 Å². The number of fused-ring (bicyclic) bond motifs is 1. The van der Waals surface area contributed by atoms with Crippen molar-refractivity contribution >= 4 is 10.8 Å². The van der Waals surface area contributed by atoms with Crippen molar-refractivity contribution in [1.82, 2.24) is 25.1 Å². The normalized spacial score (nSPS) is 11.9. The number of aromatic nitrogens is 5. The van der Waals surface area contributed by atoms with Crippen LogP contribution in [0.5, 0.6) is 0 Å². The average Bonchev–Trinajstić information content (AvgIpc) is 3.40. The molecule has 5 aromatic rings. The summed E-state index contributed by atoms with van der Waals surface area (Å²) in [5.41, 5.74) is 1.94. The Kier molecular flexibility index (Phi) is 8.63. The van der Waals surface area contributed by atoms with Crippen molar-refractivity contribution in [2.75, 3.05) is 0 Å². The Morgan fingerprint density at radius 3 is 2.11 bits per heavy atom. The van der Waals surface area contributed by atoms with E-state index < -0.39 is 29.7 Å². The molecule has 38 heavy (non-hydrogen) atoms. The molecule has 0 fully saturated rings. The van der Waals surface area contributed by atoms with Crippen molar-refractivity contribution < 1.29 is 50.8 Å². The summed E-state index contributed by atoms with van der Waals surface area (Å²) in [6.45, 7) is 0. The molecule has 0 bridgehead atoms. The van der Waals surface area contributed by atoms with Gasteiger partial charge in [0.2, 0.25) is 0 Å². The number of halogens is 7. The molecule has 0 amide bonds. The Morgan fingerprint density at radius 2 is 1.45 bits per heavy atom. The van der Waals surface area contributed by atoms with E-state index in [1.165, 1.54) is 35.2 Å². The summed E-state index contributed by atoms with van der Waals surface area (Å²) < 4.78 is 88.3. The Bertz CT molecular complexity index is 1470. The zero-order valence-corrected chi connectivity index (χ0v) is 21.2. The van der Waals surface area contributed by atoms with E-state index in [1.54, 1.807) is 0 Å². The van der Waals surface area contributed by atoms with Crippen LogP contribution in [0.1, 0.15) is 5.82 Å². The molecule has 3 heterocycles. The fourth-order valence-corrected chi connectivity index (χ4v) is 3.17. The van der Waals surface area contributed by atoms with Gasteiger partial charge in [0, 0.05) is 32.5 Å². The Labute approximate surface area is 224 Å². The first-order valence-corrected chi connectivity index (χ1v) is 10.4. The van der Waals surface area contributed by atoms with Gasteiger partial charge in [-0.3, -0.25) is 10.1 Å². The van der Waals surface area contributed by atoms with Crippen LogP contribution in [0.15, 0.2) is 85.2 Å². The fourth-order valence-electron chi connectivity index (χ4n) is 3.17. The molecule has 0 aliphatic carbocycles. The maximum atomic E-state index is 13.3. The third-order valence-electron chi connectivity index (χ3n) is 5.01. The van der Waals surface area contributed by atoms with E-state index in [0.29, 0.717) is 0 Å². The first kappa shape index (κ1) is 28.9. The van der Waals surface area contributed by atoms with E-state index in [-0.39, 0.29) is 25.8 Å². The molecule has 0 aliphatic heterocycles. The Morgan fingerprint density at radius 1 is 0.737 bits per heavy atom. The molecule has 5 rings (SSSR count). The van der Waals surface area contributed by atoms with Crippen LogP contribution in [0.2, 0.25) is 0 Å². The van der Waals surface area contributed by atoms with Gasteiger partial charge in [-0.15, -0.1) is 35.9 Å². The van der Waals surface area contributed by atoms with Crippen LogP contribution in [0.25, 0.3) is 33.5 Å². The quantitative estimate of drug-likeness (QED) is 0.158. The second kappa shape index (κ2) is 11.4. The molecule has 13 heteroatoms. The van der Waals surface area contributed by atoms with Gasteiger partial charge in [-0.25, -0.2) is 0 Å². The zero-order chi connectivity index (χ0) is 26.7. The molecule has 3 aromatic heterocycles. The number of benzene rings is 2. The summed E-state index contributed by atoms with van der Waals surface area (Å²) in [5, 5.41) is 8.04. The van der Waals surface area contributed by atoms with E-state index in [2.05, 4.69) is 43.3 Å². The molecule has 2 aromatic carbocycles. The summed E-state index contributed by atoms with van der Waals surface area (Å²) >= 11 is 0. The SMILES string of the molecule is FC(F)(F)C(F)(F)C(F)(F)c1n[n-]c(-c2ccccn2)n1.[Ir].[c-]1ccccc1-c1nccc2ccccc12. The number of alkyl halides is 7. The smallest absolute Gasteiger partial charge is 0.415 e. The van der Waals surface area contributed by atoms with E-state index >= 15 is 0 Å². The summed E-state index contributed by atoms with van der Waals surface area (Å²) in [5.74, 6) is -14.6. The van der Waals surface area contributed by atoms with E-state index in [4.69, 9.17) is 0 Å². The first-order valence-electron chi connectivity index (χ1n) is 10.4. The van der Waals surface area contributed by atoms with Crippen molar-refractivity contribution in [3.8, 4) is 22.8 Å². The fraction of sp³-hybridized carbons (Fsp3) is 0.120. The van der Waals surface area contributed by atoms with Crippen molar-refractivity contribution in [2.24, 2.45) is 0 Å². The maximum absolute atomic E-state index is 13.3. The van der Waals surface area contributed by atoms with Gasteiger partial charge in [-0.1, -0.05) is 30.3 Å². The van der Waals surface area contributed by atoms with Gasteiger partial charge in [0.1, 0.15) is 5.82 Å². The van der Waals surface area contributed by atoms with Crippen LogP contribution in [0.3, 0.4) is 0 Å². The van der Waals surface area contributed by atoms with Crippen LogP contribution in [0.4, 0.5) is 30.7 Å². The number of hydrogen-bond acceptors (Lipinski definition) is 4. The molecule has 0 saturated carbocycles. The van der Waals surface area contributed by atoms with Crippen molar-refractivity contribution in [3.05, 3.63) is 97.1 Å². The minimum Gasteiger partial charge on any atom is -0.415 e.